The van der Waals surface area contributed by atoms with Crippen molar-refractivity contribution in [1.29, 1.82) is 0 Å². The Morgan fingerprint density at radius 3 is 2.30 bits per heavy atom. The van der Waals surface area contributed by atoms with Crippen LogP contribution in [-0.4, -0.2) is 22.8 Å². The van der Waals surface area contributed by atoms with Gasteiger partial charge in [0.15, 0.2) is 0 Å². The summed E-state index contributed by atoms with van der Waals surface area (Å²) in [4.78, 5) is 10.6. The van der Waals surface area contributed by atoms with Crippen LogP contribution in [0.15, 0.2) is 0 Å². The quantitative estimate of drug-likeness (QED) is 0.587. The molecule has 1 aliphatic carbocycles. The van der Waals surface area contributed by atoms with E-state index in [4.69, 9.17) is 10.2 Å². The zero-order valence-corrected chi connectivity index (χ0v) is 6.16. The molecular weight excluding hydrogens is 132 g/mol. The average Bonchev–Trinajstić information content (AvgIpc) is 2.38. The van der Waals surface area contributed by atoms with Crippen molar-refractivity contribution in [3.63, 3.8) is 0 Å². The summed E-state index contributed by atoms with van der Waals surface area (Å²) in [7, 11) is 0. The van der Waals surface area contributed by atoms with Gasteiger partial charge in [0.1, 0.15) is 0 Å². The summed E-state index contributed by atoms with van der Waals surface area (Å²) in [6.45, 7) is 3.53. The molecule has 0 heterocycles. The molecule has 0 aromatic carbocycles. The lowest BCUT2D eigenvalue weighted by Gasteiger charge is -2.01. The molecule has 1 unspecified atom stereocenters. The first-order valence-electron chi connectivity index (χ1n) is 3.39. The summed E-state index contributed by atoms with van der Waals surface area (Å²) in [6, 6.07) is 0. The van der Waals surface area contributed by atoms with Crippen LogP contribution in [0.4, 0.5) is 0 Å². The topological polar surface area (TPSA) is 57.5 Å². The van der Waals surface area contributed by atoms with Gasteiger partial charge in [-0.05, 0) is 12.8 Å². The van der Waals surface area contributed by atoms with Crippen molar-refractivity contribution in [2.24, 2.45) is 17.3 Å². The summed E-state index contributed by atoms with van der Waals surface area (Å²) in [5.74, 6) is -0.709. The lowest BCUT2D eigenvalue weighted by Crippen LogP contribution is -2.15. The van der Waals surface area contributed by atoms with Gasteiger partial charge in [-0.15, -0.1) is 0 Å². The minimum Gasteiger partial charge on any atom is -0.481 e. The van der Waals surface area contributed by atoms with E-state index in [9.17, 15) is 4.79 Å². The van der Waals surface area contributed by atoms with Crippen molar-refractivity contribution in [3.05, 3.63) is 0 Å². The van der Waals surface area contributed by atoms with E-state index in [0.717, 1.165) is 0 Å². The van der Waals surface area contributed by atoms with Crippen LogP contribution in [-0.2, 0) is 4.79 Å². The van der Waals surface area contributed by atoms with Gasteiger partial charge < -0.3 is 10.2 Å². The first-order valence-corrected chi connectivity index (χ1v) is 3.39. The summed E-state index contributed by atoms with van der Waals surface area (Å²) in [6.07, 6.45) is 0. The molecule has 3 heteroatoms. The van der Waals surface area contributed by atoms with Gasteiger partial charge in [-0.25, -0.2) is 0 Å². The molecule has 0 radical (unpaired) electrons. The summed E-state index contributed by atoms with van der Waals surface area (Å²) < 4.78 is 0. The average molecular weight is 144 g/mol. The molecule has 0 spiro atoms. The smallest absolute Gasteiger partial charge is 0.310 e. The van der Waals surface area contributed by atoms with Crippen molar-refractivity contribution in [3.8, 4) is 0 Å². The number of aliphatic hydroxyl groups is 1. The zero-order valence-electron chi connectivity index (χ0n) is 6.16. The third-order valence-electron chi connectivity index (χ3n) is 2.87. The van der Waals surface area contributed by atoms with E-state index in [-0.39, 0.29) is 18.4 Å². The molecule has 1 rings (SSSR count). The van der Waals surface area contributed by atoms with Crippen molar-refractivity contribution in [2.75, 3.05) is 6.61 Å². The Morgan fingerprint density at radius 1 is 1.70 bits per heavy atom. The Labute approximate surface area is 59.7 Å². The van der Waals surface area contributed by atoms with Crippen molar-refractivity contribution < 1.29 is 15.0 Å². The van der Waals surface area contributed by atoms with Crippen LogP contribution in [0.25, 0.3) is 0 Å². The number of aliphatic hydroxyl groups excluding tert-OH is 1. The highest BCUT2D eigenvalue weighted by molar-refractivity contribution is 5.78. The van der Waals surface area contributed by atoms with Gasteiger partial charge in [-0.2, -0.15) is 0 Å². The Hall–Kier alpha value is -0.570. The molecule has 3 nitrogen and oxygen atoms in total. The molecular formula is C7H12O3. The summed E-state index contributed by atoms with van der Waals surface area (Å²) in [5.41, 5.74) is -0.658. The molecule has 1 aliphatic rings. The SMILES string of the molecule is C[C@H]1[C@H](CO)C1(C)C(=O)O. The lowest BCUT2D eigenvalue weighted by atomic mass is 10.1. The highest BCUT2D eigenvalue weighted by Gasteiger charge is 2.63. The van der Waals surface area contributed by atoms with Crippen molar-refractivity contribution in [1.82, 2.24) is 0 Å². The molecule has 1 saturated carbocycles. The molecule has 0 amide bonds. The number of carboxylic acids is 1. The molecule has 1 fully saturated rings. The Balaban J connectivity index is 2.67. The molecule has 0 aromatic heterocycles. The van der Waals surface area contributed by atoms with Crippen LogP contribution in [0.1, 0.15) is 13.8 Å². The van der Waals surface area contributed by atoms with E-state index in [1.807, 2.05) is 6.92 Å². The fraction of sp³-hybridized carbons (Fsp3) is 0.857. The predicted molar refractivity (Wildman–Crippen MR) is 35.5 cm³/mol. The molecule has 3 atom stereocenters. The maximum absolute atomic E-state index is 10.6. The van der Waals surface area contributed by atoms with E-state index >= 15 is 0 Å². The molecule has 0 aromatic rings. The molecule has 0 aliphatic heterocycles. The number of hydrogen-bond donors (Lipinski definition) is 2. The van der Waals surface area contributed by atoms with E-state index in [1.165, 1.54) is 0 Å². The van der Waals surface area contributed by atoms with E-state index in [2.05, 4.69) is 0 Å². The number of hydrogen-bond acceptors (Lipinski definition) is 2. The Morgan fingerprint density at radius 2 is 2.20 bits per heavy atom. The number of carbonyl (C=O) groups is 1. The molecule has 58 valence electrons. The normalized spacial score (nSPS) is 45.1. The zero-order chi connectivity index (χ0) is 7.94. The maximum Gasteiger partial charge on any atom is 0.310 e. The van der Waals surface area contributed by atoms with Gasteiger partial charge in [0, 0.05) is 12.5 Å². The third kappa shape index (κ3) is 0.669. The predicted octanol–water partition coefficient (Wildman–Crippen LogP) is 0.336. The molecule has 10 heavy (non-hydrogen) atoms. The Kier molecular flexibility index (Phi) is 1.47. The van der Waals surface area contributed by atoms with Crippen LogP contribution in [0.3, 0.4) is 0 Å². The van der Waals surface area contributed by atoms with Gasteiger partial charge in [-0.1, -0.05) is 6.92 Å². The van der Waals surface area contributed by atoms with Crippen LogP contribution in [0, 0.1) is 17.3 Å². The van der Waals surface area contributed by atoms with Gasteiger partial charge in [-0.3, -0.25) is 4.79 Å². The monoisotopic (exact) mass is 144 g/mol. The lowest BCUT2D eigenvalue weighted by molar-refractivity contribution is -0.143. The summed E-state index contributed by atoms with van der Waals surface area (Å²) in [5, 5.41) is 17.4. The van der Waals surface area contributed by atoms with Crippen LogP contribution in [0.2, 0.25) is 0 Å². The van der Waals surface area contributed by atoms with Gasteiger partial charge >= 0.3 is 5.97 Å². The first-order chi connectivity index (χ1) is 4.55. The molecule has 0 bridgehead atoms. The second-order valence-corrected chi connectivity index (χ2v) is 3.17. The van der Waals surface area contributed by atoms with Crippen LogP contribution >= 0.6 is 0 Å². The van der Waals surface area contributed by atoms with Crippen molar-refractivity contribution in [2.45, 2.75) is 13.8 Å². The van der Waals surface area contributed by atoms with Crippen LogP contribution < -0.4 is 0 Å². The number of aliphatic carboxylic acids is 1. The number of carboxylic acid groups (broad SMARTS) is 1. The maximum atomic E-state index is 10.6. The van der Waals surface area contributed by atoms with E-state index in [0.29, 0.717) is 0 Å². The van der Waals surface area contributed by atoms with E-state index < -0.39 is 11.4 Å². The third-order valence-corrected chi connectivity index (χ3v) is 2.87. The standard InChI is InChI=1S/C7H12O3/c1-4-5(3-8)7(4,2)6(9)10/h4-5,8H,3H2,1-2H3,(H,9,10)/t4-,5-,7?/m0/s1. The second kappa shape index (κ2) is 1.95. The summed E-state index contributed by atoms with van der Waals surface area (Å²) >= 11 is 0. The largest absolute Gasteiger partial charge is 0.481 e. The fourth-order valence-corrected chi connectivity index (χ4v) is 1.54. The van der Waals surface area contributed by atoms with Gasteiger partial charge in [0.25, 0.3) is 0 Å². The number of rotatable bonds is 2. The Bertz CT molecular complexity index is 166. The first kappa shape index (κ1) is 7.54. The minimum absolute atomic E-state index is 0.00995. The second-order valence-electron chi connectivity index (χ2n) is 3.17. The van der Waals surface area contributed by atoms with Crippen LogP contribution in [0.5, 0.6) is 0 Å². The molecule has 2 N–H and O–H groups in total. The van der Waals surface area contributed by atoms with Crippen molar-refractivity contribution >= 4 is 5.97 Å². The molecule has 0 saturated heterocycles. The van der Waals surface area contributed by atoms with E-state index in [1.54, 1.807) is 6.92 Å². The highest BCUT2D eigenvalue weighted by Crippen LogP contribution is 2.57. The van der Waals surface area contributed by atoms with Gasteiger partial charge in [0.2, 0.25) is 0 Å². The fourth-order valence-electron chi connectivity index (χ4n) is 1.54. The highest BCUT2D eigenvalue weighted by atomic mass is 16.4. The minimum atomic E-state index is -0.793. The van der Waals surface area contributed by atoms with Gasteiger partial charge in [0.05, 0.1) is 5.41 Å².